The third-order valence-electron chi connectivity index (χ3n) is 2.99. The molecular formula is C14H20BrNO2. The molecule has 2 rings (SSSR count). The van der Waals surface area contributed by atoms with Gasteiger partial charge in [0.15, 0.2) is 0 Å². The number of benzene rings is 1. The van der Waals surface area contributed by atoms with E-state index >= 15 is 0 Å². The third kappa shape index (κ3) is 4.26. The van der Waals surface area contributed by atoms with Crippen LogP contribution < -0.4 is 4.74 Å². The van der Waals surface area contributed by atoms with Crippen LogP contribution in [-0.2, 0) is 4.74 Å². The molecule has 0 N–H and O–H groups in total. The van der Waals surface area contributed by atoms with Crippen molar-refractivity contribution in [2.75, 3.05) is 32.8 Å². The van der Waals surface area contributed by atoms with Crippen LogP contribution in [0, 0.1) is 0 Å². The average Bonchev–Trinajstić information content (AvgIpc) is 2.37. The fraction of sp³-hybridized carbons (Fsp3) is 0.571. The highest BCUT2D eigenvalue weighted by Crippen LogP contribution is 2.18. The first kappa shape index (κ1) is 13.8. The maximum atomic E-state index is 5.77. The predicted octanol–water partition coefficient (Wildman–Crippen LogP) is 2.94. The molecule has 100 valence electrons. The van der Waals surface area contributed by atoms with Crippen molar-refractivity contribution in [1.82, 2.24) is 4.90 Å². The summed E-state index contributed by atoms with van der Waals surface area (Å²) >= 11 is 3.44. The Morgan fingerprint density at radius 1 is 1.50 bits per heavy atom. The van der Waals surface area contributed by atoms with Crippen molar-refractivity contribution in [1.29, 1.82) is 0 Å². The summed E-state index contributed by atoms with van der Waals surface area (Å²) in [7, 11) is 0. The largest absolute Gasteiger partial charge is 0.491 e. The number of rotatable bonds is 5. The van der Waals surface area contributed by atoms with E-state index in [-0.39, 0.29) is 6.10 Å². The van der Waals surface area contributed by atoms with Crippen LogP contribution in [0.25, 0.3) is 0 Å². The third-order valence-corrected chi connectivity index (χ3v) is 3.49. The monoisotopic (exact) mass is 313 g/mol. The first-order valence-corrected chi connectivity index (χ1v) is 7.29. The predicted molar refractivity (Wildman–Crippen MR) is 76.1 cm³/mol. The second-order valence-electron chi connectivity index (χ2n) is 4.56. The van der Waals surface area contributed by atoms with Gasteiger partial charge in [0.25, 0.3) is 0 Å². The molecule has 0 bridgehead atoms. The van der Waals surface area contributed by atoms with Gasteiger partial charge in [0, 0.05) is 17.6 Å². The fourth-order valence-electron chi connectivity index (χ4n) is 2.15. The van der Waals surface area contributed by atoms with Gasteiger partial charge in [0.05, 0.1) is 6.61 Å². The summed E-state index contributed by atoms with van der Waals surface area (Å²) in [4.78, 5) is 2.44. The average molecular weight is 314 g/mol. The molecule has 0 aliphatic carbocycles. The van der Waals surface area contributed by atoms with Gasteiger partial charge in [-0.25, -0.2) is 0 Å². The summed E-state index contributed by atoms with van der Waals surface area (Å²) in [6, 6.07) is 7.92. The molecule has 3 nitrogen and oxygen atoms in total. The van der Waals surface area contributed by atoms with E-state index in [2.05, 4.69) is 27.8 Å². The number of nitrogens with zero attached hydrogens (tertiary/aromatic N) is 1. The molecule has 0 spiro atoms. The molecule has 1 aromatic carbocycles. The summed E-state index contributed by atoms with van der Waals surface area (Å²) < 4.78 is 12.5. The van der Waals surface area contributed by atoms with Crippen LogP contribution in [0.3, 0.4) is 0 Å². The molecule has 1 aromatic rings. The van der Waals surface area contributed by atoms with Crippen LogP contribution >= 0.6 is 15.9 Å². The minimum atomic E-state index is 0.185. The summed E-state index contributed by atoms with van der Waals surface area (Å²) in [5.41, 5.74) is 0. The Morgan fingerprint density at radius 2 is 2.39 bits per heavy atom. The number of hydrogen-bond acceptors (Lipinski definition) is 3. The molecule has 1 aliphatic heterocycles. The van der Waals surface area contributed by atoms with Gasteiger partial charge < -0.3 is 9.47 Å². The van der Waals surface area contributed by atoms with Crippen LogP contribution in [0.2, 0.25) is 0 Å². The van der Waals surface area contributed by atoms with Crippen LogP contribution in [0.15, 0.2) is 28.7 Å². The number of morpholine rings is 1. The van der Waals surface area contributed by atoms with E-state index in [1.54, 1.807) is 0 Å². The second-order valence-corrected chi connectivity index (χ2v) is 5.48. The molecule has 1 aliphatic rings. The molecule has 0 saturated carbocycles. The zero-order chi connectivity index (χ0) is 12.8. The van der Waals surface area contributed by atoms with E-state index in [0.717, 1.165) is 36.5 Å². The molecule has 1 heterocycles. The molecule has 1 fully saturated rings. The minimum absolute atomic E-state index is 0.185. The van der Waals surface area contributed by atoms with Gasteiger partial charge in [-0.1, -0.05) is 28.9 Å². The molecule has 0 amide bonds. The summed E-state index contributed by atoms with van der Waals surface area (Å²) in [6.45, 7) is 6.81. The molecule has 18 heavy (non-hydrogen) atoms. The van der Waals surface area contributed by atoms with Crippen LogP contribution in [0.1, 0.15) is 13.3 Å². The highest BCUT2D eigenvalue weighted by Gasteiger charge is 2.20. The van der Waals surface area contributed by atoms with Crippen molar-refractivity contribution in [3.05, 3.63) is 28.7 Å². The maximum absolute atomic E-state index is 5.77. The zero-order valence-corrected chi connectivity index (χ0v) is 12.4. The lowest BCUT2D eigenvalue weighted by molar-refractivity contribution is -0.0477. The Bertz CT molecular complexity index is 371. The highest BCUT2D eigenvalue weighted by molar-refractivity contribution is 9.10. The van der Waals surface area contributed by atoms with E-state index in [0.29, 0.717) is 6.61 Å². The smallest absolute Gasteiger partial charge is 0.120 e. The SMILES string of the molecule is CCCN1CCO[C@@H](COc2cccc(Br)c2)C1. The highest BCUT2D eigenvalue weighted by atomic mass is 79.9. The quantitative estimate of drug-likeness (QED) is 0.834. The molecule has 0 aromatic heterocycles. The van der Waals surface area contributed by atoms with Crippen molar-refractivity contribution in [2.24, 2.45) is 0 Å². The van der Waals surface area contributed by atoms with Crippen molar-refractivity contribution < 1.29 is 9.47 Å². The molecular weight excluding hydrogens is 294 g/mol. The molecule has 4 heteroatoms. The molecule has 0 radical (unpaired) electrons. The van der Waals surface area contributed by atoms with Gasteiger partial charge in [-0.05, 0) is 31.2 Å². The number of ether oxygens (including phenoxy) is 2. The van der Waals surface area contributed by atoms with Gasteiger partial charge in [0.1, 0.15) is 18.5 Å². The van der Waals surface area contributed by atoms with Gasteiger partial charge in [-0.3, -0.25) is 4.90 Å². The van der Waals surface area contributed by atoms with Crippen molar-refractivity contribution >= 4 is 15.9 Å². The van der Waals surface area contributed by atoms with Gasteiger partial charge in [-0.15, -0.1) is 0 Å². The Hall–Kier alpha value is -0.580. The van der Waals surface area contributed by atoms with Crippen molar-refractivity contribution in [3.63, 3.8) is 0 Å². The normalized spacial score (nSPS) is 20.9. The van der Waals surface area contributed by atoms with Crippen LogP contribution in [0.5, 0.6) is 5.75 Å². The summed E-state index contributed by atoms with van der Waals surface area (Å²) in [5.74, 6) is 0.889. The van der Waals surface area contributed by atoms with Crippen LogP contribution in [0.4, 0.5) is 0 Å². The van der Waals surface area contributed by atoms with E-state index in [4.69, 9.17) is 9.47 Å². The van der Waals surface area contributed by atoms with E-state index < -0.39 is 0 Å². The minimum Gasteiger partial charge on any atom is -0.491 e. The Labute approximate surface area is 117 Å². The standard InChI is InChI=1S/C14H20BrNO2/c1-2-6-16-7-8-17-14(10-16)11-18-13-5-3-4-12(15)9-13/h3-5,9,14H,2,6-8,10-11H2,1H3/t14-/m1/s1. The topological polar surface area (TPSA) is 21.7 Å². The van der Waals surface area contributed by atoms with E-state index in [1.165, 1.54) is 6.42 Å². The lowest BCUT2D eigenvalue weighted by Crippen LogP contribution is -2.45. The molecule has 1 atom stereocenters. The first-order valence-electron chi connectivity index (χ1n) is 6.50. The first-order chi connectivity index (χ1) is 8.78. The van der Waals surface area contributed by atoms with E-state index in [9.17, 15) is 0 Å². The molecule has 1 saturated heterocycles. The van der Waals surface area contributed by atoms with Gasteiger partial charge in [0.2, 0.25) is 0 Å². The van der Waals surface area contributed by atoms with Crippen LogP contribution in [-0.4, -0.2) is 43.9 Å². The number of hydrogen-bond donors (Lipinski definition) is 0. The lowest BCUT2D eigenvalue weighted by Gasteiger charge is -2.32. The Balaban J connectivity index is 1.79. The maximum Gasteiger partial charge on any atom is 0.120 e. The summed E-state index contributed by atoms with van der Waals surface area (Å²) in [5, 5.41) is 0. The van der Waals surface area contributed by atoms with E-state index in [1.807, 2.05) is 24.3 Å². The zero-order valence-electron chi connectivity index (χ0n) is 10.8. The number of halogens is 1. The Morgan fingerprint density at radius 3 is 3.17 bits per heavy atom. The second kappa shape index (κ2) is 7.12. The van der Waals surface area contributed by atoms with Gasteiger partial charge >= 0.3 is 0 Å². The fourth-order valence-corrected chi connectivity index (χ4v) is 2.52. The lowest BCUT2D eigenvalue weighted by atomic mass is 10.2. The van der Waals surface area contributed by atoms with Gasteiger partial charge in [-0.2, -0.15) is 0 Å². The van der Waals surface area contributed by atoms with Crippen molar-refractivity contribution in [3.8, 4) is 5.75 Å². The summed E-state index contributed by atoms with van der Waals surface area (Å²) in [6.07, 6.45) is 1.38. The Kier molecular flexibility index (Phi) is 5.47. The molecule has 0 unspecified atom stereocenters. The van der Waals surface area contributed by atoms with Crippen molar-refractivity contribution in [2.45, 2.75) is 19.4 Å².